The largest absolute Gasteiger partial charge is 0.497 e. The molecule has 2 heterocycles. The van der Waals surface area contributed by atoms with Crippen LogP contribution in [0.3, 0.4) is 0 Å². The summed E-state index contributed by atoms with van der Waals surface area (Å²) in [6.07, 6.45) is -0.279. The molecule has 2 fully saturated rings. The fraction of sp³-hybridized carbons (Fsp3) is 0.385. The van der Waals surface area contributed by atoms with Crippen molar-refractivity contribution in [3.63, 3.8) is 0 Å². The fourth-order valence-corrected chi connectivity index (χ4v) is 5.04. The summed E-state index contributed by atoms with van der Waals surface area (Å²) in [5, 5.41) is 40.0. The van der Waals surface area contributed by atoms with E-state index in [1.165, 1.54) is 0 Å². The lowest BCUT2D eigenvalue weighted by atomic mass is 9.52. The Morgan fingerprint density at radius 2 is 1.53 bits per heavy atom. The molecule has 2 aromatic rings. The number of rotatable bonds is 6. The molecule has 2 saturated heterocycles. The lowest BCUT2D eigenvalue weighted by molar-refractivity contribution is -0.253. The molecule has 2 bridgehead atoms. The molecule has 4 rings (SSSR count). The first kappa shape index (κ1) is 23.1. The third-order valence-electron chi connectivity index (χ3n) is 6.62. The van der Waals surface area contributed by atoms with Gasteiger partial charge >= 0.3 is 0 Å². The van der Waals surface area contributed by atoms with Crippen LogP contribution in [-0.2, 0) is 9.47 Å². The van der Waals surface area contributed by atoms with Gasteiger partial charge in [-0.2, -0.15) is 15.8 Å². The van der Waals surface area contributed by atoms with Crippen molar-refractivity contribution in [2.45, 2.75) is 38.1 Å². The average Bonchev–Trinajstić information content (AvgIpc) is 3.05. The van der Waals surface area contributed by atoms with E-state index in [4.69, 9.17) is 24.4 Å². The Hall–Kier alpha value is -4.06. The van der Waals surface area contributed by atoms with Crippen LogP contribution in [0.25, 0.3) is 0 Å². The van der Waals surface area contributed by atoms with Crippen molar-refractivity contribution in [2.75, 3.05) is 13.7 Å². The van der Waals surface area contributed by atoms with Crippen LogP contribution in [-0.4, -0.2) is 25.4 Å². The second kappa shape index (κ2) is 8.37. The monoisotopic (exact) mass is 456 g/mol. The minimum atomic E-state index is -2.05. The van der Waals surface area contributed by atoms with Crippen molar-refractivity contribution in [1.29, 1.82) is 21.2 Å². The zero-order valence-corrected chi connectivity index (χ0v) is 19.2. The molecule has 2 aromatic carbocycles. The Bertz CT molecular complexity index is 1210. The van der Waals surface area contributed by atoms with Gasteiger partial charge in [0, 0.05) is 6.92 Å². The highest BCUT2D eigenvalue weighted by atomic mass is 16.7. The maximum Gasteiger partial charge on any atom is 0.218 e. The van der Waals surface area contributed by atoms with Crippen LogP contribution < -0.4 is 9.47 Å². The van der Waals surface area contributed by atoms with Crippen molar-refractivity contribution in [2.24, 2.45) is 10.8 Å². The molecule has 0 amide bonds. The van der Waals surface area contributed by atoms with Crippen LogP contribution in [0.15, 0.2) is 48.5 Å². The number of hydrogen-bond donors (Lipinski definition) is 1. The van der Waals surface area contributed by atoms with E-state index >= 15 is 0 Å². The number of ether oxygens (including phenoxy) is 4. The van der Waals surface area contributed by atoms with Gasteiger partial charge in [0.05, 0.1) is 37.8 Å². The number of nitriles is 3. The summed E-state index contributed by atoms with van der Waals surface area (Å²) in [4.78, 5) is 0. The van der Waals surface area contributed by atoms with E-state index in [-0.39, 0.29) is 0 Å². The summed E-state index contributed by atoms with van der Waals surface area (Å²) in [7, 11) is 1.54. The Balaban J connectivity index is 1.89. The highest BCUT2D eigenvalue weighted by molar-refractivity contribution is 5.90. The first-order chi connectivity index (χ1) is 16.4. The lowest BCUT2D eigenvalue weighted by Gasteiger charge is -2.48. The molecule has 4 unspecified atom stereocenters. The van der Waals surface area contributed by atoms with E-state index in [0.717, 1.165) is 6.42 Å². The quantitative estimate of drug-likeness (QED) is 0.671. The third kappa shape index (κ3) is 3.02. The molecule has 8 heteroatoms. The standard InChI is InChI=1S/C26H24N4O4/c1-4-13-32-20-11-7-18(8-12-20)22-25(14-27,15-28)26(16-29)21(24(2,33-22)34-23(26)30)17-5-9-19(31-3)10-6-17/h5-12,21-22,30H,4,13H2,1-3H3. The van der Waals surface area contributed by atoms with Crippen molar-refractivity contribution >= 4 is 5.90 Å². The van der Waals surface area contributed by atoms with Gasteiger partial charge in [-0.1, -0.05) is 31.2 Å². The molecule has 1 N–H and O–H groups in total. The molecule has 2 aliphatic rings. The fourth-order valence-electron chi connectivity index (χ4n) is 5.04. The number of benzene rings is 2. The summed E-state index contributed by atoms with van der Waals surface area (Å²) >= 11 is 0. The van der Waals surface area contributed by atoms with Gasteiger partial charge < -0.3 is 18.9 Å². The van der Waals surface area contributed by atoms with Crippen LogP contribution in [0.5, 0.6) is 11.5 Å². The molecule has 2 aliphatic heterocycles. The first-order valence-electron chi connectivity index (χ1n) is 10.9. The molecule has 0 aromatic heterocycles. The van der Waals surface area contributed by atoms with Crippen LogP contribution in [0.1, 0.15) is 43.4 Å². The van der Waals surface area contributed by atoms with Crippen molar-refractivity contribution in [3.05, 3.63) is 59.7 Å². The van der Waals surface area contributed by atoms with Crippen LogP contribution in [0, 0.1) is 50.2 Å². The normalized spacial score (nSPS) is 28.6. The second-order valence-electron chi connectivity index (χ2n) is 8.52. The van der Waals surface area contributed by atoms with E-state index < -0.39 is 34.5 Å². The van der Waals surface area contributed by atoms with Gasteiger partial charge in [0.15, 0.2) is 5.41 Å². The minimum Gasteiger partial charge on any atom is -0.497 e. The van der Waals surface area contributed by atoms with Crippen molar-refractivity contribution in [3.8, 4) is 29.7 Å². The lowest BCUT2D eigenvalue weighted by Crippen LogP contribution is -2.57. The van der Waals surface area contributed by atoms with Gasteiger partial charge in [0.25, 0.3) is 0 Å². The Labute approximate surface area is 198 Å². The summed E-state index contributed by atoms with van der Waals surface area (Å²) in [6, 6.07) is 20.1. The molecular formula is C26H24N4O4. The number of hydrogen-bond acceptors (Lipinski definition) is 8. The Kier molecular flexibility index (Phi) is 5.69. The predicted octanol–water partition coefficient (Wildman–Crippen LogP) is 4.61. The van der Waals surface area contributed by atoms with E-state index in [2.05, 4.69) is 18.2 Å². The average molecular weight is 457 g/mol. The summed E-state index contributed by atoms with van der Waals surface area (Å²) < 4.78 is 23.1. The molecular weight excluding hydrogens is 432 g/mol. The van der Waals surface area contributed by atoms with Gasteiger partial charge in [-0.25, -0.2) is 0 Å². The van der Waals surface area contributed by atoms with Crippen LogP contribution in [0.4, 0.5) is 0 Å². The van der Waals surface area contributed by atoms with Crippen molar-refractivity contribution < 1.29 is 18.9 Å². The smallest absolute Gasteiger partial charge is 0.218 e. The molecule has 0 spiro atoms. The van der Waals surface area contributed by atoms with E-state index in [0.29, 0.717) is 29.2 Å². The van der Waals surface area contributed by atoms with E-state index in [9.17, 15) is 15.8 Å². The number of methoxy groups -OCH3 is 1. The first-order valence-corrected chi connectivity index (χ1v) is 10.9. The molecule has 0 saturated carbocycles. The van der Waals surface area contributed by atoms with Crippen LogP contribution in [0.2, 0.25) is 0 Å². The molecule has 0 aliphatic carbocycles. The number of nitrogens with one attached hydrogen (secondary N) is 1. The van der Waals surface area contributed by atoms with Gasteiger partial charge in [0.1, 0.15) is 17.6 Å². The molecule has 4 atom stereocenters. The Morgan fingerprint density at radius 1 is 0.941 bits per heavy atom. The van der Waals surface area contributed by atoms with Gasteiger partial charge in [-0.3, -0.25) is 5.41 Å². The van der Waals surface area contributed by atoms with Crippen LogP contribution >= 0.6 is 0 Å². The maximum absolute atomic E-state index is 10.5. The molecule has 172 valence electrons. The highest BCUT2D eigenvalue weighted by Crippen LogP contribution is 2.69. The zero-order valence-electron chi connectivity index (χ0n) is 19.2. The van der Waals surface area contributed by atoms with Gasteiger partial charge in [-0.05, 0) is 41.8 Å². The molecule has 0 radical (unpaired) electrons. The predicted molar refractivity (Wildman–Crippen MR) is 121 cm³/mol. The maximum atomic E-state index is 10.5. The topological polar surface area (TPSA) is 132 Å². The summed E-state index contributed by atoms with van der Waals surface area (Å²) in [5.41, 5.74) is -2.83. The summed E-state index contributed by atoms with van der Waals surface area (Å²) in [6.45, 7) is 4.20. The van der Waals surface area contributed by atoms with Gasteiger partial charge in [0.2, 0.25) is 17.1 Å². The zero-order chi connectivity index (χ0) is 24.6. The van der Waals surface area contributed by atoms with Crippen molar-refractivity contribution in [1.82, 2.24) is 0 Å². The SMILES string of the molecule is CCCOc1ccc(C2OC3(C)OC(=N)C(C#N)(C3c3ccc(OC)cc3)C2(C#N)C#N)cc1. The van der Waals surface area contributed by atoms with E-state index in [1.54, 1.807) is 62.6 Å². The minimum absolute atomic E-state index is 0.452. The van der Waals surface area contributed by atoms with Gasteiger partial charge in [-0.15, -0.1) is 0 Å². The number of nitrogens with zero attached hydrogens (tertiary/aromatic N) is 3. The third-order valence-corrected chi connectivity index (χ3v) is 6.62. The molecule has 8 nitrogen and oxygen atoms in total. The van der Waals surface area contributed by atoms with E-state index in [1.807, 2.05) is 6.92 Å². The number of fused-ring (bicyclic) bond motifs is 2. The Morgan fingerprint density at radius 3 is 2.06 bits per heavy atom. The second-order valence-corrected chi connectivity index (χ2v) is 8.52. The molecule has 34 heavy (non-hydrogen) atoms. The highest BCUT2D eigenvalue weighted by Gasteiger charge is 2.79. The summed E-state index contributed by atoms with van der Waals surface area (Å²) in [5.74, 6) is -1.56.